The summed E-state index contributed by atoms with van der Waals surface area (Å²) in [5, 5.41) is 9.98. The lowest BCUT2D eigenvalue weighted by atomic mass is 10.5. The highest BCUT2D eigenvalue weighted by Crippen LogP contribution is 2.25. The second-order valence-electron chi connectivity index (χ2n) is 2.41. The summed E-state index contributed by atoms with van der Waals surface area (Å²) < 4.78 is 5.21. The number of nitrogens with zero attached hydrogens (tertiary/aromatic N) is 2. The van der Waals surface area contributed by atoms with Gasteiger partial charge in [0.25, 0.3) is 0 Å². The van der Waals surface area contributed by atoms with Crippen LogP contribution in [0.25, 0.3) is 10.8 Å². The van der Waals surface area contributed by atoms with Crippen molar-refractivity contribution in [2.75, 3.05) is 6.26 Å². The van der Waals surface area contributed by atoms with Crippen LogP contribution in [0.4, 0.5) is 0 Å². The van der Waals surface area contributed by atoms with Crippen LogP contribution in [-0.4, -0.2) is 16.5 Å². The maximum Gasteiger partial charge on any atom is 0.183 e. The summed E-state index contributed by atoms with van der Waals surface area (Å²) in [5.41, 5.74) is 0. The number of furan rings is 1. The minimum absolute atomic E-state index is 0.796. The predicted octanol–water partition coefficient (Wildman–Crippen LogP) is 2.66. The monoisotopic (exact) mass is 212 g/mol. The Hall–Kier alpha value is -0.810. The average molecular weight is 212 g/mol. The van der Waals surface area contributed by atoms with Crippen LogP contribution in [0, 0.1) is 0 Å². The van der Waals surface area contributed by atoms with Crippen LogP contribution in [0.2, 0.25) is 0 Å². The second-order valence-corrected chi connectivity index (χ2v) is 4.34. The first-order chi connectivity index (χ1) is 6.40. The van der Waals surface area contributed by atoms with Crippen molar-refractivity contribution < 1.29 is 4.42 Å². The summed E-state index contributed by atoms with van der Waals surface area (Å²) in [4.78, 5) is 0. The second kappa shape index (κ2) is 3.93. The third-order valence-electron chi connectivity index (χ3n) is 1.47. The molecule has 0 spiro atoms. The lowest BCUT2D eigenvalue weighted by Gasteiger charge is -1.85. The van der Waals surface area contributed by atoms with Crippen LogP contribution in [-0.2, 0) is 5.75 Å². The van der Waals surface area contributed by atoms with Crippen LogP contribution in [0.1, 0.15) is 5.01 Å². The zero-order chi connectivity index (χ0) is 9.10. The summed E-state index contributed by atoms with van der Waals surface area (Å²) in [6.45, 7) is 0. The molecular weight excluding hydrogens is 204 g/mol. The van der Waals surface area contributed by atoms with E-state index in [1.165, 1.54) is 0 Å². The zero-order valence-corrected chi connectivity index (χ0v) is 8.69. The zero-order valence-electron chi connectivity index (χ0n) is 7.06. The predicted molar refractivity (Wildman–Crippen MR) is 54.8 cm³/mol. The Labute approximate surface area is 84.2 Å². The molecule has 0 saturated heterocycles. The molecule has 2 aromatic heterocycles. The van der Waals surface area contributed by atoms with Gasteiger partial charge in [-0.05, 0) is 18.4 Å². The van der Waals surface area contributed by atoms with Crippen LogP contribution in [0.15, 0.2) is 22.8 Å². The van der Waals surface area contributed by atoms with E-state index in [4.69, 9.17) is 4.42 Å². The third-order valence-corrected chi connectivity index (χ3v) is 3.15. The van der Waals surface area contributed by atoms with Gasteiger partial charge in [0.1, 0.15) is 5.01 Å². The van der Waals surface area contributed by atoms with Gasteiger partial charge in [0.15, 0.2) is 10.8 Å². The van der Waals surface area contributed by atoms with E-state index in [1.807, 2.05) is 18.4 Å². The summed E-state index contributed by atoms with van der Waals surface area (Å²) in [6.07, 6.45) is 3.69. The van der Waals surface area contributed by atoms with Crippen LogP contribution < -0.4 is 0 Å². The molecular formula is C8H8N2OS2. The molecule has 0 aliphatic heterocycles. The van der Waals surface area contributed by atoms with Crippen molar-refractivity contribution in [3.05, 3.63) is 23.4 Å². The van der Waals surface area contributed by atoms with E-state index in [0.717, 1.165) is 21.5 Å². The topological polar surface area (TPSA) is 38.9 Å². The molecule has 2 aromatic rings. The van der Waals surface area contributed by atoms with Gasteiger partial charge in [0, 0.05) is 5.75 Å². The lowest BCUT2D eigenvalue weighted by Crippen LogP contribution is -1.76. The number of rotatable bonds is 3. The molecule has 0 unspecified atom stereocenters. The molecule has 5 heteroatoms. The van der Waals surface area contributed by atoms with Gasteiger partial charge < -0.3 is 4.42 Å². The first kappa shape index (κ1) is 8.77. The Morgan fingerprint density at radius 3 is 3.15 bits per heavy atom. The quantitative estimate of drug-likeness (QED) is 0.784. The largest absolute Gasteiger partial charge is 0.462 e. The first-order valence-electron chi connectivity index (χ1n) is 3.75. The average Bonchev–Trinajstić information content (AvgIpc) is 2.70. The van der Waals surface area contributed by atoms with Gasteiger partial charge in [-0.2, -0.15) is 11.8 Å². The number of thioether (sulfide) groups is 1. The SMILES string of the molecule is CSCc1nnc(-c2ccco2)s1. The minimum Gasteiger partial charge on any atom is -0.462 e. The number of aromatic nitrogens is 2. The van der Waals surface area contributed by atoms with Gasteiger partial charge in [-0.25, -0.2) is 0 Å². The smallest absolute Gasteiger partial charge is 0.183 e. The normalized spacial score (nSPS) is 10.5. The van der Waals surface area contributed by atoms with Gasteiger partial charge in [-0.15, -0.1) is 10.2 Å². The Morgan fingerprint density at radius 2 is 2.46 bits per heavy atom. The highest BCUT2D eigenvalue weighted by atomic mass is 32.2. The fourth-order valence-corrected chi connectivity index (χ4v) is 2.43. The Balaban J connectivity index is 2.23. The van der Waals surface area contributed by atoms with Gasteiger partial charge in [-0.1, -0.05) is 11.3 Å². The highest BCUT2D eigenvalue weighted by Gasteiger charge is 2.07. The minimum atomic E-state index is 0.796. The fourth-order valence-electron chi connectivity index (χ4n) is 0.935. The van der Waals surface area contributed by atoms with Crippen LogP contribution in [0.5, 0.6) is 0 Å². The molecule has 13 heavy (non-hydrogen) atoms. The van der Waals surface area contributed by atoms with E-state index in [0.29, 0.717) is 0 Å². The third kappa shape index (κ3) is 1.92. The van der Waals surface area contributed by atoms with Crippen molar-refractivity contribution in [2.24, 2.45) is 0 Å². The van der Waals surface area contributed by atoms with Gasteiger partial charge in [0.2, 0.25) is 0 Å². The molecule has 0 radical (unpaired) electrons. The van der Waals surface area contributed by atoms with Crippen LogP contribution in [0.3, 0.4) is 0 Å². The first-order valence-corrected chi connectivity index (χ1v) is 5.96. The Kier molecular flexibility index (Phi) is 2.65. The molecule has 2 heterocycles. The molecule has 0 aliphatic rings. The standard InChI is InChI=1S/C8H8N2OS2/c1-12-5-7-9-10-8(13-7)6-3-2-4-11-6/h2-4H,5H2,1H3. The molecule has 0 amide bonds. The van der Waals surface area contributed by atoms with E-state index < -0.39 is 0 Å². The molecule has 0 atom stereocenters. The maximum absolute atomic E-state index is 5.21. The summed E-state index contributed by atoms with van der Waals surface area (Å²) in [6, 6.07) is 3.74. The molecule has 68 valence electrons. The molecule has 0 bridgehead atoms. The van der Waals surface area contributed by atoms with Crippen molar-refractivity contribution in [1.29, 1.82) is 0 Å². The molecule has 0 fully saturated rings. The van der Waals surface area contributed by atoms with E-state index >= 15 is 0 Å². The van der Waals surface area contributed by atoms with Crippen molar-refractivity contribution in [3.8, 4) is 10.8 Å². The fraction of sp³-hybridized carbons (Fsp3) is 0.250. The highest BCUT2D eigenvalue weighted by molar-refractivity contribution is 7.97. The molecule has 0 aromatic carbocycles. The summed E-state index contributed by atoms with van der Waals surface area (Å²) in [7, 11) is 0. The van der Waals surface area contributed by atoms with Gasteiger partial charge in [0.05, 0.1) is 6.26 Å². The summed E-state index contributed by atoms with van der Waals surface area (Å²) in [5.74, 6) is 1.71. The van der Waals surface area contributed by atoms with Crippen molar-refractivity contribution in [1.82, 2.24) is 10.2 Å². The van der Waals surface area contributed by atoms with Crippen molar-refractivity contribution in [3.63, 3.8) is 0 Å². The van der Waals surface area contributed by atoms with Gasteiger partial charge in [-0.3, -0.25) is 0 Å². The van der Waals surface area contributed by atoms with Crippen molar-refractivity contribution >= 4 is 23.1 Å². The number of hydrogen-bond donors (Lipinski definition) is 0. The lowest BCUT2D eigenvalue weighted by molar-refractivity contribution is 0.581. The Morgan fingerprint density at radius 1 is 1.54 bits per heavy atom. The Bertz CT molecular complexity index is 369. The van der Waals surface area contributed by atoms with E-state index in [-0.39, 0.29) is 0 Å². The van der Waals surface area contributed by atoms with E-state index in [2.05, 4.69) is 10.2 Å². The molecule has 0 N–H and O–H groups in total. The molecule has 2 rings (SSSR count). The number of hydrogen-bond acceptors (Lipinski definition) is 5. The van der Waals surface area contributed by atoms with E-state index in [1.54, 1.807) is 29.4 Å². The summed E-state index contributed by atoms with van der Waals surface area (Å²) >= 11 is 3.32. The molecule has 0 saturated carbocycles. The van der Waals surface area contributed by atoms with Gasteiger partial charge >= 0.3 is 0 Å². The molecule has 3 nitrogen and oxygen atoms in total. The van der Waals surface area contributed by atoms with Crippen molar-refractivity contribution in [2.45, 2.75) is 5.75 Å². The molecule has 0 aliphatic carbocycles. The maximum atomic E-state index is 5.21. The van der Waals surface area contributed by atoms with Crippen LogP contribution >= 0.6 is 23.1 Å². The van der Waals surface area contributed by atoms with E-state index in [9.17, 15) is 0 Å².